The third-order valence-corrected chi connectivity index (χ3v) is 18.9. The smallest absolute Gasteiger partial charge is 0.229 e. The van der Waals surface area contributed by atoms with Crippen molar-refractivity contribution < 1.29 is 14.2 Å². The fourth-order valence-electron chi connectivity index (χ4n) is 14.1. The molecule has 9 heterocycles. The summed E-state index contributed by atoms with van der Waals surface area (Å²) in [5.74, 6) is 5.56. The average molecular weight is 1140 g/mol. The van der Waals surface area contributed by atoms with Crippen LogP contribution < -0.4 is 72.7 Å². The summed E-state index contributed by atoms with van der Waals surface area (Å²) in [4.78, 5) is 14.8. The molecule has 3 fully saturated rings. The number of nitrogens with one attached hydrogen (secondary N) is 11. The van der Waals surface area contributed by atoms with E-state index in [0.717, 1.165) is 175 Å². The molecule has 11 N–H and O–H groups in total. The minimum Gasteiger partial charge on any atom is -0.492 e. The SMILES string of the molecule is CCc1cc(NCC2Cc3cc(NC4NC(C)CC(NCCC5COc6c(C7=CCN(C)CCC7)cc(NC7NC(NC)CC(C8CC8)N7)cc65)N4)cc(C4=CCNCCC4)c3O2)nc(Nc2cc3c(c(C4=CCN(C)CCC4)c2)OCC3)n1. The van der Waals surface area contributed by atoms with Gasteiger partial charge in [0.25, 0.3) is 0 Å². The van der Waals surface area contributed by atoms with Crippen LogP contribution in [0.5, 0.6) is 17.2 Å². The van der Waals surface area contributed by atoms with E-state index in [1.54, 1.807) is 0 Å². The number of ether oxygens (including phenoxy) is 3. The maximum atomic E-state index is 6.96. The zero-order valence-electron chi connectivity index (χ0n) is 50.5. The first-order valence-corrected chi connectivity index (χ1v) is 32.1. The van der Waals surface area contributed by atoms with E-state index in [1.807, 2.05) is 0 Å². The van der Waals surface area contributed by atoms with Crippen LogP contribution in [0.4, 0.5) is 28.8 Å². The van der Waals surface area contributed by atoms with Gasteiger partial charge in [-0.3, -0.25) is 21.3 Å². The maximum absolute atomic E-state index is 6.96. The molecule has 2 saturated heterocycles. The summed E-state index contributed by atoms with van der Waals surface area (Å²) in [7, 11) is 6.48. The number of aromatic nitrogens is 2. The van der Waals surface area contributed by atoms with Crippen molar-refractivity contribution in [3.05, 3.63) is 99.8 Å². The van der Waals surface area contributed by atoms with E-state index < -0.39 is 0 Å². The van der Waals surface area contributed by atoms with Gasteiger partial charge in [0.05, 0.1) is 32.1 Å². The third kappa shape index (κ3) is 13.6. The van der Waals surface area contributed by atoms with Crippen LogP contribution in [-0.4, -0.2) is 150 Å². The van der Waals surface area contributed by atoms with Gasteiger partial charge >= 0.3 is 0 Å². The average Bonchev–Trinajstić information content (AvgIpc) is 4.20. The Kier molecular flexibility index (Phi) is 17.8. The molecule has 84 heavy (non-hydrogen) atoms. The highest BCUT2D eigenvalue weighted by Gasteiger charge is 2.38. The molecule has 18 nitrogen and oxygen atoms in total. The Labute approximate surface area is 498 Å². The molecule has 1 aliphatic carbocycles. The first-order chi connectivity index (χ1) is 41.1. The number of aryl methyl sites for hydroxylation is 1. The van der Waals surface area contributed by atoms with Crippen molar-refractivity contribution in [3.63, 3.8) is 0 Å². The van der Waals surface area contributed by atoms with Crippen LogP contribution in [-0.2, 0) is 19.3 Å². The van der Waals surface area contributed by atoms with Crippen LogP contribution in [0.3, 0.4) is 0 Å². The first-order valence-electron chi connectivity index (χ1n) is 32.1. The van der Waals surface area contributed by atoms with Gasteiger partial charge < -0.3 is 61.2 Å². The van der Waals surface area contributed by atoms with Gasteiger partial charge in [-0.25, -0.2) is 4.98 Å². The molecule has 450 valence electrons. The molecule has 8 unspecified atom stereocenters. The van der Waals surface area contributed by atoms with E-state index >= 15 is 0 Å². The Morgan fingerprint density at radius 1 is 0.702 bits per heavy atom. The lowest BCUT2D eigenvalue weighted by Gasteiger charge is -2.38. The third-order valence-electron chi connectivity index (χ3n) is 18.9. The molecule has 4 aromatic rings. The normalized spacial score (nSPS) is 27.3. The quantitative estimate of drug-likeness (QED) is 0.0434. The number of hydrogen-bond donors (Lipinski definition) is 11. The van der Waals surface area contributed by atoms with Crippen LogP contribution in [0.25, 0.3) is 16.7 Å². The summed E-state index contributed by atoms with van der Waals surface area (Å²) < 4.78 is 19.9. The van der Waals surface area contributed by atoms with Crippen molar-refractivity contribution in [1.82, 2.24) is 57.0 Å². The number of likely N-dealkylation sites (N-methyl/N-ethyl adjacent to an activating group) is 2. The predicted molar refractivity (Wildman–Crippen MR) is 339 cm³/mol. The number of fused-ring (bicyclic) bond motifs is 3. The van der Waals surface area contributed by atoms with Gasteiger partial charge in [-0.15, -0.1) is 0 Å². The molecule has 8 aliphatic heterocycles. The van der Waals surface area contributed by atoms with Crippen LogP contribution in [0.15, 0.2) is 60.7 Å². The lowest BCUT2D eigenvalue weighted by Crippen LogP contribution is -2.65. The van der Waals surface area contributed by atoms with Crippen molar-refractivity contribution in [2.45, 2.75) is 153 Å². The highest BCUT2D eigenvalue weighted by Crippen LogP contribution is 2.46. The summed E-state index contributed by atoms with van der Waals surface area (Å²) in [6.07, 6.45) is 22.0. The van der Waals surface area contributed by atoms with Gasteiger partial charge in [-0.05, 0) is 190 Å². The van der Waals surface area contributed by atoms with Gasteiger partial charge in [0.1, 0.15) is 41.7 Å². The van der Waals surface area contributed by atoms with E-state index in [2.05, 4.69) is 164 Å². The summed E-state index contributed by atoms with van der Waals surface area (Å²) >= 11 is 0. The summed E-state index contributed by atoms with van der Waals surface area (Å²) in [5, 5.41) is 41.6. The Morgan fingerprint density at radius 2 is 1.42 bits per heavy atom. The minimum atomic E-state index is -0.134. The molecular formula is C66H93N15O3. The van der Waals surface area contributed by atoms with Crippen molar-refractivity contribution in [2.24, 2.45) is 5.92 Å². The van der Waals surface area contributed by atoms with Crippen LogP contribution in [0.1, 0.15) is 129 Å². The molecule has 1 aromatic heterocycles. The number of nitrogens with zero attached hydrogens (tertiary/aromatic N) is 4. The molecule has 8 atom stereocenters. The lowest BCUT2D eigenvalue weighted by molar-refractivity contribution is 0.223. The largest absolute Gasteiger partial charge is 0.492 e. The maximum Gasteiger partial charge on any atom is 0.229 e. The Hall–Kier alpha value is -5.80. The monoisotopic (exact) mass is 1140 g/mol. The van der Waals surface area contributed by atoms with Crippen molar-refractivity contribution in [1.29, 1.82) is 0 Å². The van der Waals surface area contributed by atoms with Crippen LogP contribution in [0, 0.1) is 5.92 Å². The van der Waals surface area contributed by atoms with Crippen molar-refractivity contribution >= 4 is 45.5 Å². The number of rotatable bonds is 19. The number of anilines is 5. The Morgan fingerprint density at radius 3 is 2.20 bits per heavy atom. The van der Waals surface area contributed by atoms with Gasteiger partial charge in [0.15, 0.2) is 0 Å². The highest BCUT2D eigenvalue weighted by molar-refractivity contribution is 5.79. The van der Waals surface area contributed by atoms with E-state index in [-0.39, 0.29) is 36.9 Å². The molecule has 0 spiro atoms. The lowest BCUT2D eigenvalue weighted by atomic mass is 9.91. The van der Waals surface area contributed by atoms with Crippen molar-refractivity contribution in [2.75, 3.05) is 108 Å². The zero-order valence-corrected chi connectivity index (χ0v) is 50.5. The van der Waals surface area contributed by atoms with E-state index in [4.69, 9.17) is 24.2 Å². The van der Waals surface area contributed by atoms with E-state index in [0.29, 0.717) is 37.8 Å². The van der Waals surface area contributed by atoms with Gasteiger partial charge in [0, 0.05) is 113 Å². The summed E-state index contributed by atoms with van der Waals surface area (Å²) in [6.45, 7) is 13.3. The standard InChI is InChI=1S/C66H93N15O3/c1-6-48-36-60(79-65(72-48)74-49-29-45-19-27-82-61(45)53(32-49)42-11-8-23-80(4)25-17-42)70-38-52-31-47-30-50(33-54(62(47)84-52)41-10-7-20-68-21-15-41)73-64-71-40(2)28-59(78-64)69-22-16-46-39-83-63-55(43-12-9-24-81(5)26-18-43)34-51(35-56(46)63)75-66-76-57(44-13-14-44)37-58(67-3)77-66/h15,17-18,29-30,32-36,40,44,46,52,57-59,64,66-69,71,73,75-78H,6-14,16,19-28,31,37-39H2,1-5H3,(H2,70,72,74,79). The van der Waals surface area contributed by atoms with E-state index in [1.165, 1.54) is 62.9 Å². The molecule has 18 heteroatoms. The Bertz CT molecular complexity index is 3090. The Balaban J connectivity index is 0.668. The molecule has 13 rings (SSSR count). The van der Waals surface area contributed by atoms with E-state index in [9.17, 15) is 0 Å². The topological polar surface area (TPSA) is 192 Å². The second kappa shape index (κ2) is 26.0. The zero-order chi connectivity index (χ0) is 57.1. The molecule has 9 aliphatic rings. The number of benzene rings is 3. The summed E-state index contributed by atoms with van der Waals surface area (Å²) in [6, 6.07) is 16.7. The van der Waals surface area contributed by atoms with Gasteiger partial charge in [-0.1, -0.05) is 25.2 Å². The molecule has 1 saturated carbocycles. The molecule has 0 amide bonds. The van der Waals surface area contributed by atoms with Crippen LogP contribution >= 0.6 is 0 Å². The summed E-state index contributed by atoms with van der Waals surface area (Å²) in [5.41, 5.74) is 15.7. The fourth-order valence-corrected chi connectivity index (χ4v) is 14.1. The van der Waals surface area contributed by atoms with Gasteiger partial charge in [-0.2, -0.15) is 4.98 Å². The second-order valence-electron chi connectivity index (χ2n) is 25.4. The molecule has 0 radical (unpaired) electrons. The molecule has 3 aromatic carbocycles. The predicted octanol–water partition coefficient (Wildman–Crippen LogP) is 7.87. The second-order valence-corrected chi connectivity index (χ2v) is 25.4. The minimum absolute atomic E-state index is 0.0198. The molecular weight excluding hydrogens is 1050 g/mol. The highest BCUT2D eigenvalue weighted by atomic mass is 16.5. The number of hydrogen-bond acceptors (Lipinski definition) is 18. The first kappa shape index (κ1) is 57.3. The fraction of sp³-hybridized carbons (Fsp3) is 0.576. The van der Waals surface area contributed by atoms with Crippen molar-refractivity contribution in [3.8, 4) is 17.2 Å². The van der Waals surface area contributed by atoms with Crippen LogP contribution in [0.2, 0.25) is 0 Å². The van der Waals surface area contributed by atoms with Gasteiger partial charge in [0.2, 0.25) is 5.95 Å². The number of allylic oxidation sites excluding steroid dienone is 3. The molecule has 0 bridgehead atoms.